The molecule has 0 aromatic carbocycles. The van der Waals surface area contributed by atoms with Gasteiger partial charge in [-0.15, -0.1) is 11.3 Å². The van der Waals surface area contributed by atoms with Gasteiger partial charge >= 0.3 is 0 Å². The first kappa shape index (κ1) is 15.2. The molecule has 1 aliphatic rings. The van der Waals surface area contributed by atoms with E-state index in [1.54, 1.807) is 11.3 Å². The fourth-order valence-electron chi connectivity index (χ4n) is 2.82. The summed E-state index contributed by atoms with van der Waals surface area (Å²) in [5.74, 6) is 1.95. The van der Waals surface area contributed by atoms with E-state index in [-0.39, 0.29) is 0 Å². The van der Waals surface area contributed by atoms with E-state index in [1.807, 2.05) is 11.4 Å². The fourth-order valence-corrected chi connectivity index (χ4v) is 4.18. The molecule has 6 heteroatoms. The first-order chi connectivity index (χ1) is 10.3. The van der Waals surface area contributed by atoms with Gasteiger partial charge in [-0.25, -0.2) is 0 Å². The average molecular weight is 370 g/mol. The third-order valence-corrected chi connectivity index (χ3v) is 5.68. The lowest BCUT2D eigenvalue weighted by Crippen LogP contribution is -2.33. The van der Waals surface area contributed by atoms with Gasteiger partial charge in [0.15, 0.2) is 0 Å². The van der Waals surface area contributed by atoms with Crippen molar-refractivity contribution >= 4 is 27.3 Å². The summed E-state index contributed by atoms with van der Waals surface area (Å²) in [5.41, 5.74) is 0. The first-order valence-electron chi connectivity index (χ1n) is 7.57. The number of thiophene rings is 1. The van der Waals surface area contributed by atoms with Crippen LogP contribution in [0, 0.1) is 0 Å². The van der Waals surface area contributed by atoms with Gasteiger partial charge in [-0.3, -0.25) is 0 Å². The Kier molecular flexibility index (Phi) is 5.08. The van der Waals surface area contributed by atoms with Crippen molar-refractivity contribution in [3.05, 3.63) is 21.8 Å². The molecule has 0 unspecified atom stereocenters. The topological polar surface area (TPSA) is 51.0 Å². The minimum absolute atomic E-state index is 0.425. The van der Waals surface area contributed by atoms with E-state index >= 15 is 0 Å². The van der Waals surface area contributed by atoms with Crippen LogP contribution in [0.5, 0.6) is 0 Å². The van der Waals surface area contributed by atoms with Gasteiger partial charge in [-0.05, 0) is 60.6 Å². The second-order valence-electron chi connectivity index (χ2n) is 5.59. The Labute approximate surface area is 137 Å². The summed E-state index contributed by atoms with van der Waals surface area (Å²) in [7, 11) is 0. The maximum Gasteiger partial charge on any atom is 0.230 e. The van der Waals surface area contributed by atoms with Gasteiger partial charge in [-0.1, -0.05) is 12.1 Å². The molecule has 0 bridgehead atoms. The van der Waals surface area contributed by atoms with Crippen LogP contribution in [0.2, 0.25) is 0 Å². The number of hydrogen-bond donors (Lipinski definition) is 1. The van der Waals surface area contributed by atoms with Gasteiger partial charge in [0.1, 0.15) is 0 Å². The summed E-state index contributed by atoms with van der Waals surface area (Å²) < 4.78 is 6.56. The van der Waals surface area contributed by atoms with Crippen LogP contribution in [-0.2, 0) is 0 Å². The molecule has 0 saturated heterocycles. The van der Waals surface area contributed by atoms with Crippen LogP contribution in [0.1, 0.15) is 50.8 Å². The van der Waals surface area contributed by atoms with Crippen molar-refractivity contribution in [3.63, 3.8) is 0 Å². The molecule has 0 amide bonds. The van der Waals surface area contributed by atoms with E-state index < -0.39 is 0 Å². The highest BCUT2D eigenvalue weighted by Crippen LogP contribution is 2.34. The van der Waals surface area contributed by atoms with Gasteiger partial charge < -0.3 is 9.84 Å². The van der Waals surface area contributed by atoms with Crippen molar-refractivity contribution in [1.29, 1.82) is 0 Å². The number of hydrogen-bond acceptors (Lipinski definition) is 5. The van der Waals surface area contributed by atoms with Crippen LogP contribution < -0.4 is 5.32 Å². The average Bonchev–Trinajstić information content (AvgIpc) is 3.14. The summed E-state index contributed by atoms with van der Waals surface area (Å²) in [6.45, 7) is 3.33. The van der Waals surface area contributed by atoms with E-state index in [2.05, 4.69) is 38.3 Å². The Balaban J connectivity index is 1.60. The zero-order valence-electron chi connectivity index (χ0n) is 12.1. The number of rotatable bonds is 5. The van der Waals surface area contributed by atoms with Gasteiger partial charge in [0.05, 0.1) is 4.88 Å². The van der Waals surface area contributed by atoms with Crippen molar-refractivity contribution in [3.8, 4) is 10.7 Å². The molecule has 1 aliphatic carbocycles. The molecule has 21 heavy (non-hydrogen) atoms. The Morgan fingerprint density at radius 1 is 1.38 bits per heavy atom. The molecule has 114 valence electrons. The van der Waals surface area contributed by atoms with E-state index in [0.29, 0.717) is 17.8 Å². The minimum atomic E-state index is 0.425. The Morgan fingerprint density at radius 2 is 2.19 bits per heavy atom. The van der Waals surface area contributed by atoms with E-state index in [1.165, 1.54) is 19.3 Å². The lowest BCUT2D eigenvalue weighted by molar-refractivity contribution is 0.283. The molecular formula is C15H20BrN3OS. The summed E-state index contributed by atoms with van der Waals surface area (Å²) in [5, 5.41) is 9.78. The Bertz CT molecular complexity index is 575. The minimum Gasteiger partial charge on any atom is -0.339 e. The summed E-state index contributed by atoms with van der Waals surface area (Å²) in [6.07, 6.45) is 5.87. The SMILES string of the molecule is CCCNC1CCC(c2nc(-c3cc(Br)cs3)no2)CC1. The largest absolute Gasteiger partial charge is 0.339 e. The summed E-state index contributed by atoms with van der Waals surface area (Å²) >= 11 is 5.09. The number of aromatic nitrogens is 2. The van der Waals surface area contributed by atoms with Crippen molar-refractivity contribution in [1.82, 2.24) is 15.5 Å². The molecule has 0 spiro atoms. The lowest BCUT2D eigenvalue weighted by Gasteiger charge is -2.27. The maximum absolute atomic E-state index is 5.49. The molecule has 1 saturated carbocycles. The summed E-state index contributed by atoms with van der Waals surface area (Å²) in [4.78, 5) is 5.65. The van der Waals surface area contributed by atoms with E-state index in [0.717, 1.165) is 34.6 Å². The van der Waals surface area contributed by atoms with Crippen LogP contribution in [0.3, 0.4) is 0 Å². The zero-order chi connectivity index (χ0) is 14.7. The molecule has 2 aromatic rings. The highest BCUT2D eigenvalue weighted by atomic mass is 79.9. The summed E-state index contributed by atoms with van der Waals surface area (Å²) in [6, 6.07) is 2.70. The second kappa shape index (κ2) is 7.03. The predicted molar refractivity (Wildman–Crippen MR) is 88.6 cm³/mol. The van der Waals surface area contributed by atoms with Crippen LogP contribution in [0.4, 0.5) is 0 Å². The molecule has 1 fully saturated rings. The molecule has 2 aromatic heterocycles. The maximum atomic E-state index is 5.49. The standard InChI is InChI=1S/C15H20BrN3OS/c1-2-7-17-12-5-3-10(4-6-12)15-18-14(19-20-15)13-8-11(16)9-21-13/h8-10,12,17H,2-7H2,1H3. The third-order valence-electron chi connectivity index (χ3n) is 3.99. The fraction of sp³-hybridized carbons (Fsp3) is 0.600. The van der Waals surface area contributed by atoms with Crippen molar-refractivity contribution in [2.45, 2.75) is 51.0 Å². The van der Waals surface area contributed by atoms with Crippen LogP contribution in [0.15, 0.2) is 20.4 Å². The first-order valence-corrected chi connectivity index (χ1v) is 9.25. The van der Waals surface area contributed by atoms with Crippen molar-refractivity contribution in [2.75, 3.05) is 6.54 Å². The molecule has 4 nitrogen and oxygen atoms in total. The molecule has 0 radical (unpaired) electrons. The Hall–Kier alpha value is -0.720. The Morgan fingerprint density at radius 3 is 2.86 bits per heavy atom. The quantitative estimate of drug-likeness (QED) is 0.837. The highest BCUT2D eigenvalue weighted by molar-refractivity contribution is 9.10. The molecule has 0 aliphatic heterocycles. The van der Waals surface area contributed by atoms with Crippen LogP contribution in [0.25, 0.3) is 10.7 Å². The normalized spacial score (nSPS) is 22.6. The number of nitrogens with zero attached hydrogens (tertiary/aromatic N) is 2. The van der Waals surface area contributed by atoms with Gasteiger partial charge in [0.2, 0.25) is 11.7 Å². The van der Waals surface area contributed by atoms with Gasteiger partial charge in [0, 0.05) is 21.8 Å². The van der Waals surface area contributed by atoms with Crippen molar-refractivity contribution in [2.24, 2.45) is 0 Å². The molecule has 0 atom stereocenters. The predicted octanol–water partition coefficient (Wildman–Crippen LogP) is 4.59. The lowest BCUT2D eigenvalue weighted by atomic mass is 9.86. The molecule has 1 N–H and O–H groups in total. The number of nitrogens with one attached hydrogen (secondary N) is 1. The molecule has 2 heterocycles. The third kappa shape index (κ3) is 3.73. The van der Waals surface area contributed by atoms with Gasteiger partial charge in [0.25, 0.3) is 0 Å². The zero-order valence-corrected chi connectivity index (χ0v) is 14.5. The van der Waals surface area contributed by atoms with E-state index in [4.69, 9.17) is 4.52 Å². The highest BCUT2D eigenvalue weighted by Gasteiger charge is 2.26. The van der Waals surface area contributed by atoms with Crippen LogP contribution >= 0.6 is 27.3 Å². The van der Waals surface area contributed by atoms with E-state index in [9.17, 15) is 0 Å². The van der Waals surface area contributed by atoms with Crippen molar-refractivity contribution < 1.29 is 4.52 Å². The monoisotopic (exact) mass is 369 g/mol. The second-order valence-corrected chi connectivity index (χ2v) is 7.41. The van der Waals surface area contributed by atoms with Crippen LogP contribution in [-0.4, -0.2) is 22.7 Å². The molecular weight excluding hydrogens is 350 g/mol. The molecule has 3 rings (SSSR count). The number of halogens is 1. The van der Waals surface area contributed by atoms with Gasteiger partial charge in [-0.2, -0.15) is 4.98 Å². The smallest absolute Gasteiger partial charge is 0.230 e.